The van der Waals surface area contributed by atoms with Gasteiger partial charge in [-0.15, -0.1) is 24.8 Å². The largest absolute Gasteiger partial charge is 0.328 e. The van der Waals surface area contributed by atoms with Crippen LogP contribution >= 0.6 is 24.8 Å². The van der Waals surface area contributed by atoms with Gasteiger partial charge in [0.15, 0.2) is 0 Å². The molecule has 7 heteroatoms. The fourth-order valence-electron chi connectivity index (χ4n) is 1.57. The Kier molecular flexibility index (Phi) is 9.33. The van der Waals surface area contributed by atoms with E-state index in [0.717, 1.165) is 17.7 Å². The van der Waals surface area contributed by atoms with Crippen LogP contribution in [0.1, 0.15) is 18.9 Å². The summed E-state index contributed by atoms with van der Waals surface area (Å²) in [5, 5.41) is 3.00. The third-order valence-corrected chi connectivity index (χ3v) is 2.59. The van der Waals surface area contributed by atoms with E-state index in [1.165, 1.54) is 12.1 Å². The minimum atomic E-state index is -0.272. The van der Waals surface area contributed by atoms with Crippen molar-refractivity contribution >= 4 is 42.5 Å². The average Bonchev–Trinajstić information content (AvgIpc) is 2.43. The lowest BCUT2D eigenvalue weighted by Crippen LogP contribution is -2.12. The Hall–Kier alpha value is -1.69. The third kappa shape index (κ3) is 6.85. The van der Waals surface area contributed by atoms with Crippen molar-refractivity contribution in [2.75, 3.05) is 5.32 Å². The minimum absolute atomic E-state index is 0. The molecule has 2 rings (SSSR count). The molecule has 0 aliphatic rings. The van der Waals surface area contributed by atoms with Crippen LogP contribution in [0.15, 0.2) is 42.7 Å². The minimum Gasteiger partial charge on any atom is -0.328 e. The Labute approximate surface area is 141 Å². The molecule has 0 fully saturated rings. The van der Waals surface area contributed by atoms with E-state index in [1.54, 1.807) is 24.5 Å². The highest BCUT2D eigenvalue weighted by Gasteiger charge is 1.98. The van der Waals surface area contributed by atoms with E-state index in [-0.39, 0.29) is 36.7 Å². The summed E-state index contributed by atoms with van der Waals surface area (Å²) in [5.41, 5.74) is 7.31. The van der Waals surface area contributed by atoms with E-state index < -0.39 is 0 Å². The van der Waals surface area contributed by atoms with Gasteiger partial charge in [-0.05, 0) is 37.6 Å². The molecule has 0 bridgehead atoms. The van der Waals surface area contributed by atoms with Crippen LogP contribution in [0.4, 0.5) is 16.0 Å². The first-order chi connectivity index (χ1) is 9.63. The number of halogens is 3. The molecule has 4 nitrogen and oxygen atoms in total. The summed E-state index contributed by atoms with van der Waals surface area (Å²) in [6.45, 7) is 1.95. The fourth-order valence-corrected chi connectivity index (χ4v) is 1.57. The normalized spacial score (nSPS) is 11.4. The topological polar surface area (TPSA) is 63.8 Å². The second-order valence-corrected chi connectivity index (χ2v) is 4.59. The van der Waals surface area contributed by atoms with Crippen LogP contribution in [0.3, 0.4) is 0 Å². The molecular formula is C15H19Cl2FN4. The van der Waals surface area contributed by atoms with Gasteiger partial charge in [0.2, 0.25) is 5.95 Å². The summed E-state index contributed by atoms with van der Waals surface area (Å²) >= 11 is 0. The molecule has 1 heterocycles. The highest BCUT2D eigenvalue weighted by molar-refractivity contribution is 5.85. The molecule has 0 saturated carbocycles. The molecule has 0 unspecified atom stereocenters. The van der Waals surface area contributed by atoms with Gasteiger partial charge in [-0.3, -0.25) is 0 Å². The van der Waals surface area contributed by atoms with Crippen LogP contribution in [-0.4, -0.2) is 16.0 Å². The molecule has 0 saturated heterocycles. The third-order valence-electron chi connectivity index (χ3n) is 2.59. The van der Waals surface area contributed by atoms with E-state index in [9.17, 15) is 4.39 Å². The SMILES string of the molecule is C[C@H](N)C/C=C/c1cnc(Nc2ccc(F)cc2)nc1.Cl.Cl. The summed E-state index contributed by atoms with van der Waals surface area (Å²) in [6.07, 6.45) is 8.18. The highest BCUT2D eigenvalue weighted by Crippen LogP contribution is 2.13. The van der Waals surface area contributed by atoms with Crippen LogP contribution < -0.4 is 11.1 Å². The molecule has 120 valence electrons. The van der Waals surface area contributed by atoms with Gasteiger partial charge in [-0.25, -0.2) is 14.4 Å². The summed E-state index contributed by atoms with van der Waals surface area (Å²) in [4.78, 5) is 8.39. The smallest absolute Gasteiger partial charge is 0.227 e. The Morgan fingerprint density at radius 1 is 1.18 bits per heavy atom. The van der Waals surface area contributed by atoms with Crippen molar-refractivity contribution in [2.24, 2.45) is 5.73 Å². The van der Waals surface area contributed by atoms with Crippen molar-refractivity contribution in [2.45, 2.75) is 19.4 Å². The number of nitrogens with one attached hydrogen (secondary N) is 1. The second kappa shape index (κ2) is 10.1. The van der Waals surface area contributed by atoms with Crippen molar-refractivity contribution in [3.05, 3.63) is 54.1 Å². The lowest BCUT2D eigenvalue weighted by molar-refractivity contribution is 0.628. The zero-order valence-electron chi connectivity index (χ0n) is 12.1. The number of benzene rings is 1. The van der Waals surface area contributed by atoms with E-state index in [2.05, 4.69) is 15.3 Å². The van der Waals surface area contributed by atoms with Gasteiger partial charge in [0.1, 0.15) is 5.82 Å². The molecule has 0 amide bonds. The standard InChI is InChI=1S/C15H17FN4.2ClH/c1-11(17)3-2-4-12-9-18-15(19-10-12)20-14-7-5-13(16)6-8-14;;/h2,4-11H,3,17H2,1H3,(H,18,19,20);2*1H/b4-2+;;/t11-;;/m0../s1. The molecule has 1 aromatic heterocycles. The molecular weight excluding hydrogens is 326 g/mol. The first-order valence-electron chi connectivity index (χ1n) is 6.40. The Morgan fingerprint density at radius 2 is 1.77 bits per heavy atom. The van der Waals surface area contributed by atoms with E-state index in [4.69, 9.17) is 5.73 Å². The fraction of sp³-hybridized carbons (Fsp3) is 0.200. The Balaban J connectivity index is 0.00000220. The molecule has 0 aliphatic carbocycles. The summed E-state index contributed by atoms with van der Waals surface area (Å²) in [7, 11) is 0. The van der Waals surface area contributed by atoms with E-state index in [1.807, 2.05) is 19.1 Å². The van der Waals surface area contributed by atoms with Gasteiger partial charge in [-0.2, -0.15) is 0 Å². The van der Waals surface area contributed by atoms with Crippen LogP contribution in [-0.2, 0) is 0 Å². The van der Waals surface area contributed by atoms with Gasteiger partial charge in [0, 0.05) is 29.7 Å². The molecule has 3 N–H and O–H groups in total. The van der Waals surface area contributed by atoms with Crippen molar-refractivity contribution in [1.82, 2.24) is 9.97 Å². The summed E-state index contributed by atoms with van der Waals surface area (Å²) in [5.74, 6) is 0.201. The first-order valence-corrected chi connectivity index (χ1v) is 6.40. The summed E-state index contributed by atoms with van der Waals surface area (Å²) in [6, 6.07) is 6.18. The van der Waals surface area contributed by atoms with Gasteiger partial charge in [-0.1, -0.05) is 12.2 Å². The van der Waals surface area contributed by atoms with Gasteiger partial charge < -0.3 is 11.1 Å². The maximum absolute atomic E-state index is 12.8. The molecule has 1 atom stereocenters. The van der Waals surface area contributed by atoms with Gasteiger partial charge in [0.05, 0.1) is 0 Å². The van der Waals surface area contributed by atoms with Crippen molar-refractivity contribution in [3.63, 3.8) is 0 Å². The Morgan fingerprint density at radius 3 is 2.32 bits per heavy atom. The van der Waals surface area contributed by atoms with Crippen molar-refractivity contribution < 1.29 is 4.39 Å². The second-order valence-electron chi connectivity index (χ2n) is 4.59. The lowest BCUT2D eigenvalue weighted by Gasteiger charge is -2.04. The number of rotatable bonds is 5. The monoisotopic (exact) mass is 344 g/mol. The number of nitrogens with zero attached hydrogens (tertiary/aromatic N) is 2. The molecule has 0 aliphatic heterocycles. The summed E-state index contributed by atoms with van der Waals surface area (Å²) < 4.78 is 12.8. The maximum Gasteiger partial charge on any atom is 0.227 e. The predicted molar refractivity (Wildman–Crippen MR) is 93.5 cm³/mol. The molecule has 1 aromatic carbocycles. The highest BCUT2D eigenvalue weighted by atomic mass is 35.5. The number of nitrogens with two attached hydrogens (primary N) is 1. The number of aromatic nitrogens is 2. The lowest BCUT2D eigenvalue weighted by atomic mass is 10.2. The van der Waals surface area contributed by atoms with Crippen LogP contribution in [0.5, 0.6) is 0 Å². The zero-order chi connectivity index (χ0) is 14.4. The van der Waals surface area contributed by atoms with Crippen LogP contribution in [0, 0.1) is 5.82 Å². The van der Waals surface area contributed by atoms with Gasteiger partial charge >= 0.3 is 0 Å². The van der Waals surface area contributed by atoms with Crippen molar-refractivity contribution in [3.8, 4) is 0 Å². The quantitative estimate of drug-likeness (QED) is 0.861. The molecule has 0 radical (unpaired) electrons. The molecule has 22 heavy (non-hydrogen) atoms. The number of hydrogen-bond acceptors (Lipinski definition) is 4. The average molecular weight is 345 g/mol. The van der Waals surface area contributed by atoms with E-state index in [0.29, 0.717) is 5.95 Å². The number of anilines is 2. The first kappa shape index (κ1) is 20.3. The van der Waals surface area contributed by atoms with E-state index >= 15 is 0 Å². The van der Waals surface area contributed by atoms with Gasteiger partial charge in [0.25, 0.3) is 0 Å². The zero-order valence-corrected chi connectivity index (χ0v) is 13.7. The number of hydrogen-bond donors (Lipinski definition) is 2. The van der Waals surface area contributed by atoms with Crippen molar-refractivity contribution in [1.29, 1.82) is 0 Å². The molecule has 2 aromatic rings. The van der Waals surface area contributed by atoms with Crippen LogP contribution in [0.2, 0.25) is 0 Å². The Bertz CT molecular complexity index is 571. The molecule has 0 spiro atoms. The maximum atomic E-state index is 12.8. The predicted octanol–water partition coefficient (Wildman–Crippen LogP) is 3.95. The van der Waals surface area contributed by atoms with Crippen LogP contribution in [0.25, 0.3) is 6.08 Å².